The van der Waals surface area contributed by atoms with E-state index < -0.39 is 6.04 Å². The van der Waals surface area contributed by atoms with Crippen molar-refractivity contribution in [1.29, 1.82) is 0 Å². The van der Waals surface area contributed by atoms with Crippen molar-refractivity contribution in [1.82, 2.24) is 4.90 Å². The fourth-order valence-corrected chi connectivity index (χ4v) is 4.54. The van der Waals surface area contributed by atoms with Gasteiger partial charge in [0.05, 0.1) is 18.7 Å². The molecule has 0 aliphatic carbocycles. The van der Waals surface area contributed by atoms with Crippen molar-refractivity contribution in [3.8, 4) is 5.75 Å². The molecular weight excluding hydrogens is 482 g/mol. The number of ether oxygens (including phenoxy) is 1. The molecule has 1 fully saturated rings. The lowest BCUT2D eigenvalue weighted by Crippen LogP contribution is -2.39. The summed E-state index contributed by atoms with van der Waals surface area (Å²) in [7, 11) is 0. The van der Waals surface area contributed by atoms with Crippen LogP contribution in [0.15, 0.2) is 78.9 Å². The molecule has 1 N–H and O–H groups in total. The van der Waals surface area contributed by atoms with E-state index in [1.165, 1.54) is 4.90 Å². The topological polar surface area (TPSA) is 61.9 Å². The third-order valence-electron chi connectivity index (χ3n) is 5.72. The highest BCUT2D eigenvalue weighted by molar-refractivity contribution is 7.80. The first kappa shape index (κ1) is 24.7. The number of rotatable bonds is 9. The predicted molar refractivity (Wildman–Crippen MR) is 143 cm³/mol. The summed E-state index contributed by atoms with van der Waals surface area (Å²) in [5, 5.41) is 3.83. The average molecular weight is 508 g/mol. The molecule has 4 rings (SSSR count). The molecule has 8 heteroatoms. The predicted octanol–water partition coefficient (Wildman–Crippen LogP) is 5.31. The number of nitrogens with one attached hydrogen (secondary N) is 1. The Morgan fingerprint density at radius 2 is 1.71 bits per heavy atom. The minimum absolute atomic E-state index is 0.0228. The monoisotopic (exact) mass is 507 g/mol. The van der Waals surface area contributed by atoms with Gasteiger partial charge < -0.3 is 15.0 Å². The van der Waals surface area contributed by atoms with Crippen molar-refractivity contribution in [2.75, 3.05) is 23.4 Å². The number of benzene rings is 3. The highest BCUT2D eigenvalue weighted by Gasteiger charge is 2.43. The van der Waals surface area contributed by atoms with Gasteiger partial charge in [0.25, 0.3) is 5.91 Å². The Kier molecular flexibility index (Phi) is 8.00. The van der Waals surface area contributed by atoms with Gasteiger partial charge in [-0.05, 0) is 79.7 Å². The molecule has 2 amide bonds. The number of anilines is 2. The van der Waals surface area contributed by atoms with Crippen LogP contribution in [0, 0.1) is 0 Å². The minimum Gasteiger partial charge on any atom is -0.494 e. The molecule has 0 spiro atoms. The zero-order valence-corrected chi connectivity index (χ0v) is 20.9. The number of halogens is 1. The fourth-order valence-electron chi connectivity index (χ4n) is 4.00. The second-order valence-corrected chi connectivity index (χ2v) is 8.89. The lowest BCUT2D eigenvalue weighted by Gasteiger charge is -2.24. The number of hydrogen-bond acceptors (Lipinski definition) is 4. The Hall–Kier alpha value is -3.42. The fraction of sp³-hybridized carbons (Fsp3) is 0.222. The number of carbonyl (C=O) groups excluding carboxylic acids is 2. The van der Waals surface area contributed by atoms with Crippen molar-refractivity contribution >= 4 is 52.1 Å². The van der Waals surface area contributed by atoms with Gasteiger partial charge in [-0.15, -0.1) is 0 Å². The van der Waals surface area contributed by atoms with E-state index in [9.17, 15) is 9.59 Å². The van der Waals surface area contributed by atoms with Crippen LogP contribution in [0.3, 0.4) is 0 Å². The van der Waals surface area contributed by atoms with Gasteiger partial charge in [-0.25, -0.2) is 0 Å². The molecule has 35 heavy (non-hydrogen) atoms. The molecule has 0 bridgehead atoms. The van der Waals surface area contributed by atoms with E-state index in [1.807, 2.05) is 42.2 Å². The maximum Gasteiger partial charge on any atom is 0.256 e. The third-order valence-corrected chi connectivity index (χ3v) is 6.38. The molecule has 0 aromatic heterocycles. The molecule has 1 atom stereocenters. The van der Waals surface area contributed by atoms with Crippen LogP contribution in [0.1, 0.15) is 18.9 Å². The van der Waals surface area contributed by atoms with Crippen molar-refractivity contribution in [3.05, 3.63) is 89.4 Å². The van der Waals surface area contributed by atoms with Crippen LogP contribution < -0.4 is 15.0 Å². The Labute approximate surface area is 215 Å². The zero-order valence-electron chi connectivity index (χ0n) is 19.3. The third kappa shape index (κ3) is 5.99. The van der Waals surface area contributed by atoms with Gasteiger partial charge in [-0.2, -0.15) is 0 Å². The SMILES string of the molecule is CCOc1ccc(NC(=O)C[C@@H]2C(=O)N(c3ccc(Cl)cc3)C(=S)N2CCc2ccccc2)cc1. The van der Waals surface area contributed by atoms with E-state index in [-0.39, 0.29) is 18.2 Å². The van der Waals surface area contributed by atoms with Gasteiger partial charge in [0.2, 0.25) is 5.91 Å². The lowest BCUT2D eigenvalue weighted by molar-refractivity contribution is -0.124. The average Bonchev–Trinajstić information content (AvgIpc) is 3.09. The Morgan fingerprint density at radius 3 is 2.37 bits per heavy atom. The first-order valence-electron chi connectivity index (χ1n) is 11.4. The zero-order chi connectivity index (χ0) is 24.8. The molecule has 3 aromatic rings. The van der Waals surface area contributed by atoms with Crippen molar-refractivity contribution in [2.45, 2.75) is 25.8 Å². The van der Waals surface area contributed by atoms with Gasteiger partial charge in [0.1, 0.15) is 11.8 Å². The number of thiocarbonyl (C=S) groups is 1. The lowest BCUT2D eigenvalue weighted by atomic mass is 10.1. The summed E-state index contributed by atoms with van der Waals surface area (Å²) < 4.78 is 5.45. The second-order valence-electron chi connectivity index (χ2n) is 8.09. The number of hydrogen-bond donors (Lipinski definition) is 1. The summed E-state index contributed by atoms with van der Waals surface area (Å²) in [6.45, 7) is 2.99. The molecule has 0 saturated carbocycles. The molecule has 3 aromatic carbocycles. The Bertz CT molecular complexity index is 1190. The van der Waals surface area contributed by atoms with Gasteiger partial charge in [-0.1, -0.05) is 41.9 Å². The summed E-state index contributed by atoms with van der Waals surface area (Å²) in [5.74, 6) is 0.234. The van der Waals surface area contributed by atoms with Crippen LogP contribution in [0.25, 0.3) is 0 Å². The van der Waals surface area contributed by atoms with Crippen LogP contribution in [0.4, 0.5) is 11.4 Å². The molecule has 180 valence electrons. The van der Waals surface area contributed by atoms with Crippen molar-refractivity contribution in [2.24, 2.45) is 0 Å². The molecular formula is C27H26ClN3O3S. The van der Waals surface area contributed by atoms with Crippen LogP contribution >= 0.6 is 23.8 Å². The first-order chi connectivity index (χ1) is 17.0. The first-order valence-corrected chi connectivity index (χ1v) is 12.2. The summed E-state index contributed by atoms with van der Waals surface area (Å²) in [6.07, 6.45) is 0.671. The number of carbonyl (C=O) groups is 2. The normalized spacial score (nSPS) is 15.4. The maximum absolute atomic E-state index is 13.5. The summed E-state index contributed by atoms with van der Waals surface area (Å²) >= 11 is 11.8. The summed E-state index contributed by atoms with van der Waals surface area (Å²) in [4.78, 5) is 29.8. The van der Waals surface area contributed by atoms with Gasteiger partial charge in [-0.3, -0.25) is 14.5 Å². The van der Waals surface area contributed by atoms with Gasteiger partial charge in [0, 0.05) is 17.3 Å². The van der Waals surface area contributed by atoms with Crippen molar-refractivity contribution < 1.29 is 14.3 Å². The van der Waals surface area contributed by atoms with Crippen LogP contribution in [-0.4, -0.2) is 41.0 Å². The van der Waals surface area contributed by atoms with Crippen LogP contribution in [0.5, 0.6) is 5.75 Å². The smallest absolute Gasteiger partial charge is 0.256 e. The minimum atomic E-state index is -0.704. The molecule has 1 saturated heterocycles. The van der Waals surface area contributed by atoms with E-state index in [1.54, 1.807) is 48.5 Å². The number of amides is 2. The Balaban J connectivity index is 1.52. The van der Waals surface area contributed by atoms with E-state index in [0.717, 1.165) is 11.3 Å². The molecule has 0 radical (unpaired) electrons. The summed E-state index contributed by atoms with van der Waals surface area (Å²) in [6, 6.07) is 23.4. The Morgan fingerprint density at radius 1 is 1.03 bits per heavy atom. The standard InChI is InChI=1S/C27H26ClN3O3S/c1-2-34-23-14-10-21(11-15-23)29-25(32)18-24-26(33)31(22-12-8-20(28)9-13-22)27(35)30(24)17-16-19-6-4-3-5-7-19/h3-15,24H,2,16-18H2,1H3,(H,29,32)/t24-/m1/s1. The van der Waals surface area contributed by atoms with Crippen LogP contribution in [0.2, 0.25) is 5.02 Å². The second kappa shape index (κ2) is 11.3. The largest absolute Gasteiger partial charge is 0.494 e. The van der Waals surface area contributed by atoms with Crippen molar-refractivity contribution in [3.63, 3.8) is 0 Å². The maximum atomic E-state index is 13.5. The molecule has 6 nitrogen and oxygen atoms in total. The molecule has 1 heterocycles. The van der Waals surface area contributed by atoms with E-state index >= 15 is 0 Å². The van der Waals surface area contributed by atoms with E-state index in [2.05, 4.69) is 5.32 Å². The molecule has 0 unspecified atom stereocenters. The van der Waals surface area contributed by atoms with Gasteiger partial charge in [0.15, 0.2) is 5.11 Å². The summed E-state index contributed by atoms with van der Waals surface area (Å²) in [5.41, 5.74) is 2.39. The highest BCUT2D eigenvalue weighted by Crippen LogP contribution is 2.29. The quantitative estimate of drug-likeness (QED) is 0.397. The molecule has 1 aliphatic rings. The molecule has 1 aliphatic heterocycles. The van der Waals surface area contributed by atoms with Crippen LogP contribution in [-0.2, 0) is 16.0 Å². The van der Waals surface area contributed by atoms with Gasteiger partial charge >= 0.3 is 0 Å². The number of nitrogens with zero attached hydrogens (tertiary/aromatic N) is 2. The highest BCUT2D eigenvalue weighted by atomic mass is 35.5. The van der Waals surface area contributed by atoms with E-state index in [4.69, 9.17) is 28.6 Å². The van der Waals surface area contributed by atoms with E-state index in [0.29, 0.717) is 41.1 Å².